The van der Waals surface area contributed by atoms with Crippen LogP contribution in [0.1, 0.15) is 22.5 Å². The van der Waals surface area contributed by atoms with Gasteiger partial charge in [0.05, 0.1) is 22.0 Å². The van der Waals surface area contributed by atoms with Crippen molar-refractivity contribution >= 4 is 33.8 Å². The van der Waals surface area contributed by atoms with E-state index in [-0.39, 0.29) is 23.9 Å². The van der Waals surface area contributed by atoms with Gasteiger partial charge in [-0.3, -0.25) is 14.6 Å². The zero-order chi connectivity index (χ0) is 17.9. The molecule has 2 saturated heterocycles. The number of nitrogens with zero attached hydrogens (tertiary/aromatic N) is 2. The van der Waals surface area contributed by atoms with Gasteiger partial charge in [-0.2, -0.15) is 0 Å². The first-order chi connectivity index (χ1) is 12.7. The summed E-state index contributed by atoms with van der Waals surface area (Å²) in [5, 5.41) is 10.2. The van der Waals surface area contributed by atoms with Crippen LogP contribution in [0.15, 0.2) is 36.7 Å². The molecular formula is C18H21N5O2S. The highest BCUT2D eigenvalue weighted by Crippen LogP contribution is 2.26. The molecule has 2 aliphatic heterocycles. The summed E-state index contributed by atoms with van der Waals surface area (Å²) in [5.74, 6) is -0.00353. The molecule has 136 valence electrons. The summed E-state index contributed by atoms with van der Waals surface area (Å²) in [4.78, 5) is 31.1. The lowest BCUT2D eigenvalue weighted by Gasteiger charge is -2.39. The van der Waals surface area contributed by atoms with Crippen molar-refractivity contribution in [3.8, 4) is 0 Å². The molecule has 8 heteroatoms. The Hall–Kier alpha value is -2.45. The molecule has 0 radical (unpaired) electrons. The Morgan fingerprint density at radius 1 is 1.19 bits per heavy atom. The maximum atomic E-state index is 12.6. The van der Waals surface area contributed by atoms with Gasteiger partial charge >= 0.3 is 0 Å². The number of rotatable bonds is 5. The Morgan fingerprint density at radius 2 is 2.00 bits per heavy atom. The summed E-state index contributed by atoms with van der Waals surface area (Å²) in [6, 6.07) is 7.56. The molecule has 2 amide bonds. The second kappa shape index (κ2) is 7.43. The zero-order valence-electron chi connectivity index (χ0n) is 14.3. The molecule has 0 spiro atoms. The Kier molecular flexibility index (Phi) is 4.85. The number of likely N-dealkylation sites (tertiary alicyclic amines) is 1. The van der Waals surface area contributed by atoms with Crippen LogP contribution < -0.4 is 16.0 Å². The maximum Gasteiger partial charge on any atom is 0.264 e. The standard InChI is InChI=1S/C18H21N5O2S/c24-17(14-2-1-7-20-14)22-16-4-3-15(26-16)18(25)23-10-13(11-23)21-12-5-8-19-9-6-12/h3-6,8-9,13-14,20H,1-2,7,10-11H2,(H,19,21)(H,22,24)/t14-/m0/s1. The summed E-state index contributed by atoms with van der Waals surface area (Å²) in [7, 11) is 0. The average Bonchev–Trinajstić information content (AvgIpc) is 3.30. The van der Waals surface area contributed by atoms with Crippen molar-refractivity contribution < 1.29 is 9.59 Å². The number of carbonyl (C=O) groups excluding carboxylic acids is 2. The minimum Gasteiger partial charge on any atom is -0.379 e. The third-order valence-electron chi connectivity index (χ3n) is 4.66. The highest BCUT2D eigenvalue weighted by atomic mass is 32.1. The van der Waals surface area contributed by atoms with Gasteiger partial charge in [0, 0.05) is 31.2 Å². The third kappa shape index (κ3) is 3.71. The molecule has 2 aliphatic rings. The molecule has 0 unspecified atom stereocenters. The van der Waals surface area contributed by atoms with Crippen molar-refractivity contribution in [3.05, 3.63) is 41.5 Å². The molecule has 0 aliphatic carbocycles. The van der Waals surface area contributed by atoms with Gasteiger partial charge < -0.3 is 20.9 Å². The summed E-state index contributed by atoms with van der Waals surface area (Å²) in [6.07, 6.45) is 5.37. The van der Waals surface area contributed by atoms with Crippen molar-refractivity contribution in [2.75, 3.05) is 30.3 Å². The van der Waals surface area contributed by atoms with E-state index in [9.17, 15) is 9.59 Å². The predicted molar refractivity (Wildman–Crippen MR) is 102 cm³/mol. The molecule has 0 saturated carbocycles. The zero-order valence-corrected chi connectivity index (χ0v) is 15.1. The molecule has 4 heterocycles. The number of amides is 2. The summed E-state index contributed by atoms with van der Waals surface area (Å²) in [5.41, 5.74) is 1.01. The Bertz CT molecular complexity index is 782. The van der Waals surface area contributed by atoms with Crippen molar-refractivity contribution in [3.63, 3.8) is 0 Å². The molecule has 0 aromatic carbocycles. The van der Waals surface area contributed by atoms with Crippen LogP contribution in [0.25, 0.3) is 0 Å². The Morgan fingerprint density at radius 3 is 2.73 bits per heavy atom. The molecule has 4 rings (SSSR count). The van der Waals surface area contributed by atoms with E-state index < -0.39 is 0 Å². The Labute approximate surface area is 155 Å². The van der Waals surface area contributed by atoms with Gasteiger partial charge in [0.15, 0.2) is 0 Å². The van der Waals surface area contributed by atoms with Crippen molar-refractivity contribution in [2.45, 2.75) is 24.9 Å². The number of pyridine rings is 1. The second-order valence-electron chi connectivity index (χ2n) is 6.59. The summed E-state index contributed by atoms with van der Waals surface area (Å²) < 4.78 is 0. The SMILES string of the molecule is O=C(Nc1ccc(C(=O)N2CC(Nc3ccncc3)C2)s1)[C@@H]1CCCN1. The first kappa shape index (κ1) is 17.0. The van der Waals surface area contributed by atoms with E-state index in [1.807, 2.05) is 17.0 Å². The molecule has 3 N–H and O–H groups in total. The monoisotopic (exact) mass is 371 g/mol. The number of hydrogen-bond donors (Lipinski definition) is 3. The van der Waals surface area contributed by atoms with Gasteiger partial charge in [0.1, 0.15) is 0 Å². The minimum atomic E-state index is -0.119. The van der Waals surface area contributed by atoms with Crippen LogP contribution in [0.4, 0.5) is 10.7 Å². The maximum absolute atomic E-state index is 12.6. The second-order valence-corrected chi connectivity index (χ2v) is 7.67. The minimum absolute atomic E-state index is 0.0160. The van der Waals surface area contributed by atoms with E-state index in [2.05, 4.69) is 20.9 Å². The van der Waals surface area contributed by atoms with Gasteiger partial charge in [0.2, 0.25) is 5.91 Å². The molecule has 26 heavy (non-hydrogen) atoms. The number of anilines is 2. The van der Waals surface area contributed by atoms with Crippen LogP contribution in [0, 0.1) is 0 Å². The average molecular weight is 371 g/mol. The topological polar surface area (TPSA) is 86.4 Å². The van der Waals surface area contributed by atoms with E-state index in [0.717, 1.165) is 30.1 Å². The molecule has 1 atom stereocenters. The smallest absolute Gasteiger partial charge is 0.264 e. The number of hydrogen-bond acceptors (Lipinski definition) is 6. The first-order valence-electron chi connectivity index (χ1n) is 8.79. The van der Waals surface area contributed by atoms with E-state index in [1.54, 1.807) is 24.5 Å². The van der Waals surface area contributed by atoms with Crippen LogP contribution in [0.3, 0.4) is 0 Å². The van der Waals surface area contributed by atoms with Gasteiger partial charge in [-0.25, -0.2) is 0 Å². The van der Waals surface area contributed by atoms with E-state index in [0.29, 0.717) is 18.0 Å². The molecule has 7 nitrogen and oxygen atoms in total. The molecule has 2 aromatic rings. The lowest BCUT2D eigenvalue weighted by Crippen LogP contribution is -2.56. The van der Waals surface area contributed by atoms with Gasteiger partial charge in [0.25, 0.3) is 5.91 Å². The first-order valence-corrected chi connectivity index (χ1v) is 9.60. The lowest BCUT2D eigenvalue weighted by atomic mass is 10.1. The van der Waals surface area contributed by atoms with Crippen LogP contribution in [-0.2, 0) is 4.79 Å². The van der Waals surface area contributed by atoms with Crippen LogP contribution in [-0.4, -0.2) is 53.4 Å². The number of nitrogens with one attached hydrogen (secondary N) is 3. The Balaban J connectivity index is 1.28. The molecule has 0 bridgehead atoms. The fourth-order valence-electron chi connectivity index (χ4n) is 3.21. The molecule has 2 aromatic heterocycles. The number of aromatic nitrogens is 1. The van der Waals surface area contributed by atoms with E-state index in [4.69, 9.17) is 0 Å². The van der Waals surface area contributed by atoms with E-state index >= 15 is 0 Å². The van der Waals surface area contributed by atoms with Crippen LogP contribution in [0.2, 0.25) is 0 Å². The predicted octanol–water partition coefficient (Wildman–Crippen LogP) is 1.77. The molecular weight excluding hydrogens is 350 g/mol. The quantitative estimate of drug-likeness (QED) is 0.746. The van der Waals surface area contributed by atoms with Crippen LogP contribution in [0.5, 0.6) is 0 Å². The van der Waals surface area contributed by atoms with Crippen molar-refractivity contribution in [2.24, 2.45) is 0 Å². The fraction of sp³-hybridized carbons (Fsp3) is 0.389. The van der Waals surface area contributed by atoms with Crippen molar-refractivity contribution in [1.82, 2.24) is 15.2 Å². The van der Waals surface area contributed by atoms with Gasteiger partial charge in [-0.15, -0.1) is 11.3 Å². The highest BCUT2D eigenvalue weighted by Gasteiger charge is 2.32. The van der Waals surface area contributed by atoms with Crippen molar-refractivity contribution in [1.29, 1.82) is 0 Å². The lowest BCUT2D eigenvalue weighted by molar-refractivity contribution is -0.117. The fourth-order valence-corrected chi connectivity index (χ4v) is 4.09. The van der Waals surface area contributed by atoms with Gasteiger partial charge in [-0.05, 0) is 43.7 Å². The van der Waals surface area contributed by atoms with E-state index in [1.165, 1.54) is 11.3 Å². The normalized spacial score (nSPS) is 19.8. The van der Waals surface area contributed by atoms with Crippen LogP contribution >= 0.6 is 11.3 Å². The number of thiophene rings is 1. The summed E-state index contributed by atoms with van der Waals surface area (Å²) in [6.45, 7) is 2.23. The number of carbonyl (C=O) groups is 2. The highest BCUT2D eigenvalue weighted by molar-refractivity contribution is 7.18. The third-order valence-corrected chi connectivity index (χ3v) is 5.65. The summed E-state index contributed by atoms with van der Waals surface area (Å²) >= 11 is 1.33. The largest absolute Gasteiger partial charge is 0.379 e. The molecule has 2 fully saturated rings. The van der Waals surface area contributed by atoms with Gasteiger partial charge in [-0.1, -0.05) is 0 Å².